The van der Waals surface area contributed by atoms with Crippen molar-refractivity contribution in [1.82, 2.24) is 0 Å². The molecule has 23 heavy (non-hydrogen) atoms. The van der Waals surface area contributed by atoms with Gasteiger partial charge < -0.3 is 29.2 Å². The Bertz CT molecular complexity index is 444. The van der Waals surface area contributed by atoms with Crippen LogP contribution in [0.3, 0.4) is 0 Å². The Morgan fingerprint density at radius 2 is 1.39 bits per heavy atom. The van der Waals surface area contributed by atoms with Crippen molar-refractivity contribution >= 4 is 23.9 Å². The number of ether oxygens (including phenoxy) is 4. The minimum absolute atomic E-state index is 0.381. The van der Waals surface area contributed by atoms with Crippen molar-refractivity contribution in [3.63, 3.8) is 0 Å². The van der Waals surface area contributed by atoms with E-state index in [1.54, 1.807) is 0 Å². The van der Waals surface area contributed by atoms with E-state index < -0.39 is 48.3 Å². The number of carbonyl (C=O) groups is 4. The maximum atomic E-state index is 11.7. The van der Waals surface area contributed by atoms with Crippen LogP contribution in [0.5, 0.6) is 0 Å². The van der Waals surface area contributed by atoms with Crippen LogP contribution >= 0.6 is 0 Å². The summed E-state index contributed by atoms with van der Waals surface area (Å²) in [5, 5.41) is 17.6. The van der Waals surface area contributed by atoms with Crippen LogP contribution in [-0.4, -0.2) is 72.2 Å². The number of aliphatic hydroxyl groups is 1. The molecule has 0 aromatic heterocycles. The Balaban J connectivity index is 4.73. The molecule has 0 aromatic carbocycles. The zero-order valence-electron chi connectivity index (χ0n) is 13.2. The molecule has 4 atom stereocenters. The zero-order valence-corrected chi connectivity index (χ0v) is 13.2. The number of carboxylic acid groups (broad SMARTS) is 1. The van der Waals surface area contributed by atoms with Crippen LogP contribution in [0, 0.1) is 0 Å². The molecule has 0 aliphatic rings. The van der Waals surface area contributed by atoms with Crippen molar-refractivity contribution in [3.8, 4) is 0 Å². The fourth-order valence-corrected chi connectivity index (χ4v) is 1.16. The van der Waals surface area contributed by atoms with Gasteiger partial charge in [-0.05, 0) is 20.8 Å². The molecule has 0 radical (unpaired) electrons. The smallest absolute Gasteiger partial charge is 0.350 e. The standard InChI is InChI=1S/C13H20O10/c1-6(14)11(17)22-8(3)12(18)23-9(5-20-4)13(19)21-7(2)10(15)16/h6-9,14H,5H2,1-4H3,(H,15,16). The molecule has 0 aliphatic carbocycles. The van der Waals surface area contributed by atoms with Crippen molar-refractivity contribution in [2.75, 3.05) is 13.7 Å². The third-order valence-electron chi connectivity index (χ3n) is 2.45. The Kier molecular flexibility index (Phi) is 8.81. The first-order valence-electron chi connectivity index (χ1n) is 6.61. The molecule has 0 bridgehead atoms. The molecule has 0 aromatic rings. The van der Waals surface area contributed by atoms with Crippen LogP contribution in [0.25, 0.3) is 0 Å². The molecule has 2 N–H and O–H groups in total. The van der Waals surface area contributed by atoms with E-state index in [0.717, 1.165) is 13.8 Å². The van der Waals surface area contributed by atoms with Gasteiger partial charge in [0.1, 0.15) is 6.10 Å². The molecule has 132 valence electrons. The monoisotopic (exact) mass is 336 g/mol. The summed E-state index contributed by atoms with van der Waals surface area (Å²) >= 11 is 0. The van der Waals surface area contributed by atoms with Crippen LogP contribution in [0.2, 0.25) is 0 Å². The number of methoxy groups -OCH3 is 1. The van der Waals surface area contributed by atoms with Gasteiger partial charge in [0, 0.05) is 7.11 Å². The van der Waals surface area contributed by atoms with Gasteiger partial charge in [-0.2, -0.15) is 0 Å². The maximum Gasteiger partial charge on any atom is 0.350 e. The first-order valence-corrected chi connectivity index (χ1v) is 6.61. The molecule has 4 unspecified atom stereocenters. The van der Waals surface area contributed by atoms with E-state index in [1.165, 1.54) is 14.0 Å². The Hall–Kier alpha value is -2.20. The van der Waals surface area contributed by atoms with E-state index in [1.807, 2.05) is 0 Å². The van der Waals surface area contributed by atoms with Gasteiger partial charge in [0.2, 0.25) is 6.10 Å². The molecule has 0 amide bonds. The topological polar surface area (TPSA) is 146 Å². The first kappa shape index (κ1) is 20.8. The lowest BCUT2D eigenvalue weighted by Crippen LogP contribution is -2.40. The van der Waals surface area contributed by atoms with Gasteiger partial charge in [-0.1, -0.05) is 0 Å². The van der Waals surface area contributed by atoms with Gasteiger partial charge in [0.25, 0.3) is 0 Å². The lowest BCUT2D eigenvalue weighted by Gasteiger charge is -2.20. The molecule has 0 saturated carbocycles. The summed E-state index contributed by atoms with van der Waals surface area (Å²) in [5.74, 6) is -4.62. The zero-order chi connectivity index (χ0) is 18.2. The second kappa shape index (κ2) is 9.74. The summed E-state index contributed by atoms with van der Waals surface area (Å²) in [6.45, 7) is 3.07. The SMILES string of the molecule is COCC(OC(=O)C(C)OC(=O)C(C)O)C(=O)OC(C)C(=O)O. The maximum absolute atomic E-state index is 11.7. The van der Waals surface area contributed by atoms with Crippen molar-refractivity contribution in [2.45, 2.75) is 45.2 Å². The normalized spacial score (nSPS) is 15.7. The molecule has 10 heteroatoms. The number of aliphatic carboxylic acids is 1. The fourth-order valence-electron chi connectivity index (χ4n) is 1.16. The van der Waals surface area contributed by atoms with Crippen LogP contribution in [0.4, 0.5) is 0 Å². The average molecular weight is 336 g/mol. The van der Waals surface area contributed by atoms with Crippen molar-refractivity contribution < 1.29 is 48.3 Å². The fraction of sp³-hybridized carbons (Fsp3) is 0.692. The highest BCUT2D eigenvalue weighted by molar-refractivity contribution is 5.85. The number of carbonyl (C=O) groups excluding carboxylic acids is 3. The summed E-state index contributed by atoms with van der Waals surface area (Å²) in [7, 11) is 1.23. The summed E-state index contributed by atoms with van der Waals surface area (Å²) in [5.41, 5.74) is 0. The lowest BCUT2D eigenvalue weighted by molar-refractivity contribution is -0.186. The molecule has 0 rings (SSSR count). The average Bonchev–Trinajstić information content (AvgIpc) is 2.45. The van der Waals surface area contributed by atoms with Gasteiger partial charge in [0.15, 0.2) is 12.2 Å². The van der Waals surface area contributed by atoms with E-state index in [2.05, 4.69) is 9.47 Å². The number of hydrogen-bond donors (Lipinski definition) is 2. The van der Waals surface area contributed by atoms with E-state index >= 15 is 0 Å². The molecule has 0 saturated heterocycles. The van der Waals surface area contributed by atoms with Crippen molar-refractivity contribution in [3.05, 3.63) is 0 Å². The summed E-state index contributed by atoms with van der Waals surface area (Å²) in [4.78, 5) is 45.3. The molecular weight excluding hydrogens is 316 g/mol. The van der Waals surface area contributed by atoms with Crippen LogP contribution < -0.4 is 0 Å². The molecule has 0 heterocycles. The predicted octanol–water partition coefficient (Wildman–Crippen LogP) is -1.13. The van der Waals surface area contributed by atoms with Crippen LogP contribution in [0.15, 0.2) is 0 Å². The molecule has 10 nitrogen and oxygen atoms in total. The van der Waals surface area contributed by atoms with E-state index in [0.29, 0.717) is 0 Å². The van der Waals surface area contributed by atoms with E-state index in [4.69, 9.17) is 19.7 Å². The predicted molar refractivity (Wildman–Crippen MR) is 72.2 cm³/mol. The highest BCUT2D eigenvalue weighted by Crippen LogP contribution is 2.06. The third kappa shape index (κ3) is 7.56. The van der Waals surface area contributed by atoms with E-state index in [-0.39, 0.29) is 6.61 Å². The van der Waals surface area contributed by atoms with E-state index in [9.17, 15) is 19.2 Å². The number of hydrogen-bond acceptors (Lipinski definition) is 9. The Labute approximate surface area is 132 Å². The molecule has 0 aliphatic heterocycles. The number of carboxylic acids is 1. The van der Waals surface area contributed by atoms with Gasteiger partial charge in [0.05, 0.1) is 6.61 Å². The van der Waals surface area contributed by atoms with Crippen molar-refractivity contribution in [2.24, 2.45) is 0 Å². The first-order chi connectivity index (χ1) is 10.6. The lowest BCUT2D eigenvalue weighted by atomic mass is 10.3. The summed E-state index contributed by atoms with van der Waals surface area (Å²) in [6, 6.07) is 0. The minimum Gasteiger partial charge on any atom is -0.479 e. The Morgan fingerprint density at radius 1 is 0.870 bits per heavy atom. The minimum atomic E-state index is -1.53. The largest absolute Gasteiger partial charge is 0.479 e. The second-order valence-electron chi connectivity index (χ2n) is 4.55. The Morgan fingerprint density at radius 3 is 1.83 bits per heavy atom. The van der Waals surface area contributed by atoms with Gasteiger partial charge in [-0.25, -0.2) is 19.2 Å². The number of esters is 3. The van der Waals surface area contributed by atoms with Crippen LogP contribution in [-0.2, 0) is 38.1 Å². The summed E-state index contributed by atoms with van der Waals surface area (Å²) in [6.07, 6.45) is -5.78. The third-order valence-corrected chi connectivity index (χ3v) is 2.45. The van der Waals surface area contributed by atoms with Gasteiger partial charge in [-0.15, -0.1) is 0 Å². The highest BCUT2D eigenvalue weighted by Gasteiger charge is 2.31. The van der Waals surface area contributed by atoms with Gasteiger partial charge in [-0.3, -0.25) is 0 Å². The summed E-state index contributed by atoms with van der Waals surface area (Å²) < 4.78 is 18.7. The second-order valence-corrected chi connectivity index (χ2v) is 4.55. The van der Waals surface area contributed by atoms with Crippen LogP contribution in [0.1, 0.15) is 20.8 Å². The number of rotatable bonds is 9. The molecule has 0 spiro atoms. The number of aliphatic hydroxyl groups excluding tert-OH is 1. The molecular formula is C13H20O10. The molecule has 0 fully saturated rings. The quantitative estimate of drug-likeness (QED) is 0.392. The van der Waals surface area contributed by atoms with Gasteiger partial charge >= 0.3 is 23.9 Å². The highest BCUT2D eigenvalue weighted by atomic mass is 16.6. The van der Waals surface area contributed by atoms with Crippen molar-refractivity contribution in [1.29, 1.82) is 0 Å².